The van der Waals surface area contributed by atoms with Crippen LogP contribution in [0.25, 0.3) is 43.6 Å². The quantitative estimate of drug-likeness (QED) is 0.0466. The molecule has 0 fully saturated rings. The van der Waals surface area contributed by atoms with Crippen molar-refractivity contribution < 1.29 is 28.9 Å². The highest BCUT2D eigenvalue weighted by Crippen LogP contribution is 2.34. The van der Waals surface area contributed by atoms with Crippen LogP contribution < -0.4 is 0 Å². The number of carbonyl (C=O) groups is 4. The second-order valence-corrected chi connectivity index (χ2v) is 16.0. The van der Waals surface area contributed by atoms with Crippen LogP contribution in [-0.2, 0) is 32.4 Å². The van der Waals surface area contributed by atoms with E-state index in [1.807, 2.05) is 108 Å². The molecule has 4 aromatic carbocycles. The Labute approximate surface area is 347 Å². The lowest BCUT2D eigenvalue weighted by Crippen LogP contribution is -2.08. The van der Waals surface area contributed by atoms with Crippen molar-refractivity contribution in [3.8, 4) is 0 Å². The molecule has 0 unspecified atom stereocenters. The Balaban J connectivity index is 1.12. The molecule has 0 atom stereocenters. The lowest BCUT2D eigenvalue weighted by Gasteiger charge is -2.10. The fourth-order valence-electron chi connectivity index (χ4n) is 7.78. The van der Waals surface area contributed by atoms with Crippen LogP contribution in [0.15, 0.2) is 118 Å². The number of rotatable bonds is 14. The van der Waals surface area contributed by atoms with Crippen molar-refractivity contribution in [2.75, 3.05) is 0 Å². The molecule has 0 bridgehead atoms. The van der Waals surface area contributed by atoms with Crippen molar-refractivity contribution in [3.05, 3.63) is 140 Å². The van der Waals surface area contributed by atoms with Gasteiger partial charge in [0.25, 0.3) is 0 Å². The van der Waals surface area contributed by atoms with Crippen molar-refractivity contribution in [2.24, 2.45) is 10.3 Å². The Morgan fingerprint density at radius 3 is 1.20 bits per heavy atom. The molecule has 0 aliphatic heterocycles. The predicted molar refractivity (Wildman–Crippen MR) is 236 cm³/mol. The minimum absolute atomic E-state index is 0.0250. The number of aryl methyl sites for hydroxylation is 2. The fraction of sp³-hybridized carbons (Fsp3) is 0.191. The van der Waals surface area contributed by atoms with E-state index in [9.17, 15) is 19.2 Å². The number of ketones is 2. The van der Waals surface area contributed by atoms with Gasteiger partial charge in [0.15, 0.2) is 0 Å². The van der Waals surface area contributed by atoms with E-state index in [0.29, 0.717) is 51.6 Å². The first-order valence-corrected chi connectivity index (χ1v) is 21.2. The number of oxime groups is 2. The zero-order valence-electron chi connectivity index (χ0n) is 33.0. The third-order valence-electron chi connectivity index (χ3n) is 10.4. The molecule has 0 N–H and O–H groups in total. The van der Waals surface area contributed by atoms with E-state index >= 15 is 0 Å². The van der Waals surface area contributed by atoms with Crippen molar-refractivity contribution >= 4 is 101 Å². The topological polar surface area (TPSA) is 121 Å². The third kappa shape index (κ3) is 7.76. The van der Waals surface area contributed by atoms with Gasteiger partial charge in [-0.15, -0.1) is 22.7 Å². The average molecular weight is 821 g/mol. The molecule has 59 heavy (non-hydrogen) atoms. The average Bonchev–Trinajstić information content (AvgIpc) is 4.08. The second-order valence-electron chi connectivity index (χ2n) is 14.1. The molecule has 12 heteroatoms. The van der Waals surface area contributed by atoms with Gasteiger partial charge in [0, 0.05) is 92.8 Å². The van der Waals surface area contributed by atoms with E-state index in [4.69, 9.17) is 9.68 Å². The van der Waals surface area contributed by atoms with Crippen LogP contribution in [0, 0.1) is 0 Å². The van der Waals surface area contributed by atoms with E-state index in [-0.39, 0.29) is 11.6 Å². The molecule has 4 aromatic heterocycles. The summed E-state index contributed by atoms with van der Waals surface area (Å²) in [6, 6.07) is 31.1. The summed E-state index contributed by atoms with van der Waals surface area (Å²) in [5, 5.41) is 16.2. The lowest BCUT2D eigenvalue weighted by atomic mass is 9.98. The zero-order valence-corrected chi connectivity index (χ0v) is 34.6. The number of hydrogen-bond donors (Lipinski definition) is 0. The minimum atomic E-state index is -0.542. The number of thiophene rings is 2. The zero-order chi connectivity index (χ0) is 41.2. The van der Waals surface area contributed by atoms with E-state index in [2.05, 4.69) is 33.3 Å². The summed E-state index contributed by atoms with van der Waals surface area (Å²) >= 11 is 2.84. The van der Waals surface area contributed by atoms with Gasteiger partial charge in [0.1, 0.15) is 0 Å². The van der Waals surface area contributed by atoms with Gasteiger partial charge in [-0.3, -0.25) is 9.59 Å². The van der Waals surface area contributed by atoms with Gasteiger partial charge in [-0.1, -0.05) is 34.6 Å². The first-order valence-electron chi connectivity index (χ1n) is 19.4. The second kappa shape index (κ2) is 16.8. The fourth-order valence-corrected chi connectivity index (χ4v) is 9.15. The summed E-state index contributed by atoms with van der Waals surface area (Å²) in [5.41, 5.74) is 7.91. The van der Waals surface area contributed by atoms with Crippen molar-refractivity contribution in [1.82, 2.24) is 9.13 Å². The Morgan fingerprint density at radius 2 is 0.881 bits per heavy atom. The van der Waals surface area contributed by atoms with Crippen LogP contribution in [0.2, 0.25) is 0 Å². The number of hydrogen-bond acceptors (Lipinski definition) is 10. The van der Waals surface area contributed by atoms with Gasteiger partial charge in [0.2, 0.25) is 11.6 Å². The molecule has 10 nitrogen and oxygen atoms in total. The van der Waals surface area contributed by atoms with Gasteiger partial charge in [-0.05, 0) is 117 Å². The molecule has 296 valence electrons. The molecule has 0 saturated carbocycles. The Bertz CT molecular complexity index is 2790. The van der Waals surface area contributed by atoms with E-state index in [1.54, 1.807) is 0 Å². The number of nitrogens with zero attached hydrogens (tertiary/aromatic N) is 4. The van der Waals surface area contributed by atoms with Crippen molar-refractivity contribution in [3.63, 3.8) is 0 Å². The SMILES string of the molecule is CCn1c2ccc(C(=O)c3cccs3)cc2c2cc(/C(CCC/C(=N/OC(C)=O)c3ccc4c(c3)c3cc(C(=O)c5cccs5)ccc3n4CC)=N\OC(C)=O)ccc21. The number of aromatic nitrogens is 2. The molecule has 4 heterocycles. The molecule has 0 aliphatic carbocycles. The van der Waals surface area contributed by atoms with Gasteiger partial charge in [0.05, 0.1) is 21.2 Å². The van der Waals surface area contributed by atoms with Gasteiger partial charge in [-0.2, -0.15) is 0 Å². The largest absolute Gasteiger partial charge is 0.341 e. The van der Waals surface area contributed by atoms with Crippen LogP contribution in [0.5, 0.6) is 0 Å². The maximum Gasteiger partial charge on any atom is 0.331 e. The van der Waals surface area contributed by atoms with Crippen LogP contribution >= 0.6 is 22.7 Å². The monoisotopic (exact) mass is 820 g/mol. The summed E-state index contributed by atoms with van der Waals surface area (Å²) in [6.07, 6.45) is 1.32. The van der Waals surface area contributed by atoms with Crippen LogP contribution in [-0.4, -0.2) is 44.1 Å². The normalized spacial score (nSPS) is 12.2. The third-order valence-corrected chi connectivity index (χ3v) is 12.2. The van der Waals surface area contributed by atoms with E-state index in [0.717, 1.165) is 67.8 Å². The summed E-state index contributed by atoms with van der Waals surface area (Å²) < 4.78 is 4.43. The maximum absolute atomic E-state index is 13.3. The molecule has 0 aliphatic rings. The minimum Gasteiger partial charge on any atom is -0.341 e. The molecular formula is C47H40N4O6S2. The Hall–Kier alpha value is -6.50. The predicted octanol–water partition coefficient (Wildman–Crippen LogP) is 10.9. The molecule has 8 rings (SSSR count). The van der Waals surface area contributed by atoms with E-state index < -0.39 is 11.9 Å². The van der Waals surface area contributed by atoms with Crippen LogP contribution in [0.3, 0.4) is 0 Å². The molecule has 8 aromatic rings. The van der Waals surface area contributed by atoms with Gasteiger partial charge < -0.3 is 18.8 Å². The first-order chi connectivity index (χ1) is 28.6. The number of fused-ring (bicyclic) bond motifs is 6. The van der Waals surface area contributed by atoms with Crippen LogP contribution in [0.4, 0.5) is 0 Å². The highest BCUT2D eigenvalue weighted by Gasteiger charge is 2.19. The smallest absolute Gasteiger partial charge is 0.331 e. The van der Waals surface area contributed by atoms with Crippen molar-refractivity contribution in [1.29, 1.82) is 0 Å². The molecule has 0 saturated heterocycles. The summed E-state index contributed by atoms with van der Waals surface area (Å²) in [6.45, 7) is 8.25. The first kappa shape index (κ1) is 39.3. The molecule has 0 radical (unpaired) electrons. The summed E-state index contributed by atoms with van der Waals surface area (Å²) in [4.78, 5) is 62.5. The van der Waals surface area contributed by atoms with E-state index in [1.165, 1.54) is 36.5 Å². The lowest BCUT2D eigenvalue weighted by molar-refractivity contribution is -0.141. The molecule has 0 amide bonds. The summed E-state index contributed by atoms with van der Waals surface area (Å²) in [7, 11) is 0. The molecule has 0 spiro atoms. The number of benzene rings is 4. The van der Waals surface area contributed by atoms with Crippen LogP contribution in [0.1, 0.15) is 88.6 Å². The Kier molecular flexibility index (Phi) is 11.2. The number of carbonyl (C=O) groups excluding carboxylic acids is 4. The Morgan fingerprint density at radius 1 is 0.525 bits per heavy atom. The standard InChI is InChI=1S/C47H40N4O6S2/c1-5-50-40-18-14-30(24-34(40)36-26-32(16-20-42(36)50)46(54)44-12-8-22-58-44)38(48-56-28(3)52)10-7-11-39(49-57-29(4)53)31-15-19-41-35(25-31)37-27-33(17-21-43(37)51(41)6-2)47(55)45-13-9-23-59-45/h8-9,12-27H,5-7,10-11H2,1-4H3/b48-38-,49-39-. The highest BCUT2D eigenvalue weighted by molar-refractivity contribution is 7.12. The maximum atomic E-state index is 13.3. The highest BCUT2D eigenvalue weighted by atomic mass is 32.1. The van der Waals surface area contributed by atoms with Crippen molar-refractivity contribution in [2.45, 2.75) is 60.0 Å². The summed E-state index contributed by atoms with van der Waals surface area (Å²) in [5.74, 6) is -1.13. The molecular weight excluding hydrogens is 781 g/mol. The van der Waals surface area contributed by atoms with Gasteiger partial charge >= 0.3 is 11.9 Å². The van der Waals surface area contributed by atoms with Gasteiger partial charge in [-0.25, -0.2) is 9.59 Å².